The van der Waals surface area contributed by atoms with Crippen LogP contribution in [0, 0.1) is 0 Å². The maximum absolute atomic E-state index is 5.56. The first-order valence-electron chi connectivity index (χ1n) is 2.97. The predicted octanol–water partition coefficient (Wildman–Crippen LogP) is 0.874. The van der Waals surface area contributed by atoms with Gasteiger partial charge < -0.3 is 0 Å². The Balaban J connectivity index is 2.88. The maximum atomic E-state index is 5.56. The third-order valence-electron chi connectivity index (χ3n) is 1.31. The monoisotopic (exact) mass is 198 g/mol. The molecule has 0 radical (unpaired) electrons. The zero-order valence-corrected chi connectivity index (χ0v) is 6.96. The third-order valence-corrected chi connectivity index (χ3v) is 3.13. The van der Waals surface area contributed by atoms with E-state index in [1.54, 1.807) is 0 Å². The number of fused-ring (bicyclic) bond motifs is 1. The van der Waals surface area contributed by atoms with Crippen LogP contribution in [0.15, 0.2) is 24.3 Å². The first-order valence-corrected chi connectivity index (χ1v) is 4.68. The Bertz CT molecular complexity index is 320. The molecule has 0 atom stereocenters. The minimum atomic E-state index is 0.288. The molecular weight excluding hydrogens is 191 g/mol. The standard InChI is InChI=1S/C7H6N2Se/c8-7-9-5-3-1-2-4-6(5)10-7/h1-4H,(H2,8,9). The van der Waals surface area contributed by atoms with Crippen molar-refractivity contribution in [3.8, 4) is 0 Å². The van der Waals surface area contributed by atoms with E-state index in [2.05, 4.69) is 11.1 Å². The van der Waals surface area contributed by atoms with Gasteiger partial charge in [0, 0.05) is 0 Å². The van der Waals surface area contributed by atoms with E-state index in [1.807, 2.05) is 18.2 Å². The van der Waals surface area contributed by atoms with Crippen LogP contribution in [0.5, 0.6) is 0 Å². The summed E-state index contributed by atoms with van der Waals surface area (Å²) in [5.41, 5.74) is 6.62. The van der Waals surface area contributed by atoms with Crippen LogP contribution in [0.3, 0.4) is 0 Å². The first kappa shape index (κ1) is 5.95. The molecule has 2 nitrogen and oxygen atoms in total. The quantitative estimate of drug-likeness (QED) is 0.636. The second-order valence-electron chi connectivity index (χ2n) is 2.02. The van der Waals surface area contributed by atoms with E-state index in [9.17, 15) is 0 Å². The Morgan fingerprint density at radius 3 is 2.90 bits per heavy atom. The van der Waals surface area contributed by atoms with Gasteiger partial charge in [-0.2, -0.15) is 0 Å². The normalized spacial score (nSPS) is 10.4. The number of para-hydroxylation sites is 1. The second-order valence-corrected chi connectivity index (χ2v) is 4.25. The Morgan fingerprint density at radius 1 is 1.30 bits per heavy atom. The summed E-state index contributed by atoms with van der Waals surface area (Å²) in [4.78, 5) is 4.17. The van der Waals surface area contributed by atoms with Gasteiger partial charge in [0.2, 0.25) is 0 Å². The number of rotatable bonds is 0. The van der Waals surface area contributed by atoms with E-state index >= 15 is 0 Å². The molecule has 0 bridgehead atoms. The zero-order valence-electron chi connectivity index (χ0n) is 5.24. The third kappa shape index (κ3) is 0.838. The topological polar surface area (TPSA) is 38.9 Å². The Hall–Kier alpha value is -0.791. The van der Waals surface area contributed by atoms with Gasteiger partial charge in [-0.3, -0.25) is 0 Å². The van der Waals surface area contributed by atoms with Gasteiger partial charge in [-0.05, 0) is 0 Å². The molecule has 0 aliphatic heterocycles. The molecule has 3 heteroatoms. The molecule has 0 unspecified atom stereocenters. The molecule has 0 amide bonds. The molecular formula is C7H6N2Se. The van der Waals surface area contributed by atoms with E-state index < -0.39 is 0 Å². The van der Waals surface area contributed by atoms with E-state index in [-0.39, 0.29) is 14.5 Å². The summed E-state index contributed by atoms with van der Waals surface area (Å²) in [5.74, 6) is 0. The summed E-state index contributed by atoms with van der Waals surface area (Å²) >= 11 is 0.288. The fraction of sp³-hybridized carbons (Fsp3) is 0. The number of benzene rings is 1. The van der Waals surface area contributed by atoms with E-state index in [4.69, 9.17) is 5.73 Å². The molecule has 0 aliphatic rings. The molecule has 1 aromatic carbocycles. The summed E-state index contributed by atoms with van der Waals surface area (Å²) in [6.07, 6.45) is 0. The zero-order chi connectivity index (χ0) is 6.97. The molecule has 10 heavy (non-hydrogen) atoms. The van der Waals surface area contributed by atoms with Crippen molar-refractivity contribution in [3.05, 3.63) is 24.3 Å². The van der Waals surface area contributed by atoms with Crippen LogP contribution in [0.25, 0.3) is 9.78 Å². The van der Waals surface area contributed by atoms with Crippen LogP contribution >= 0.6 is 0 Å². The number of hydrogen-bond acceptors (Lipinski definition) is 2. The summed E-state index contributed by atoms with van der Waals surface area (Å²) in [7, 11) is 0. The Labute approximate surface area is 64.4 Å². The van der Waals surface area contributed by atoms with Gasteiger partial charge in [0.1, 0.15) is 0 Å². The average Bonchev–Trinajstić information content (AvgIpc) is 2.27. The molecule has 0 fully saturated rings. The number of nitrogen functional groups attached to an aromatic ring is 1. The number of anilines is 1. The van der Waals surface area contributed by atoms with Crippen LogP contribution in [-0.4, -0.2) is 19.5 Å². The van der Waals surface area contributed by atoms with Crippen molar-refractivity contribution in [3.63, 3.8) is 0 Å². The Morgan fingerprint density at radius 2 is 2.10 bits per heavy atom. The molecule has 1 aromatic heterocycles. The predicted molar refractivity (Wildman–Crippen MR) is 43.1 cm³/mol. The van der Waals surface area contributed by atoms with Crippen LogP contribution in [-0.2, 0) is 0 Å². The van der Waals surface area contributed by atoms with Gasteiger partial charge in [-0.25, -0.2) is 0 Å². The van der Waals surface area contributed by atoms with Gasteiger partial charge in [-0.1, -0.05) is 0 Å². The molecule has 0 aliphatic carbocycles. The fourth-order valence-corrected chi connectivity index (χ4v) is 2.43. The van der Waals surface area contributed by atoms with Gasteiger partial charge in [0.05, 0.1) is 0 Å². The second kappa shape index (κ2) is 2.11. The van der Waals surface area contributed by atoms with Crippen molar-refractivity contribution >= 4 is 29.0 Å². The fourth-order valence-electron chi connectivity index (χ4n) is 0.890. The van der Waals surface area contributed by atoms with Gasteiger partial charge in [-0.15, -0.1) is 0 Å². The summed E-state index contributed by atoms with van der Waals surface area (Å²) in [6.45, 7) is 0. The molecule has 0 spiro atoms. The number of nitrogens with two attached hydrogens (primary N) is 1. The van der Waals surface area contributed by atoms with Crippen molar-refractivity contribution in [2.45, 2.75) is 0 Å². The van der Waals surface area contributed by atoms with Crippen LogP contribution < -0.4 is 5.73 Å². The first-order chi connectivity index (χ1) is 4.86. The number of aromatic nitrogens is 1. The molecule has 1 heterocycles. The van der Waals surface area contributed by atoms with E-state index in [1.165, 1.54) is 4.26 Å². The molecule has 0 saturated carbocycles. The molecule has 2 rings (SSSR count). The molecule has 2 N–H and O–H groups in total. The Kier molecular flexibility index (Phi) is 1.26. The minimum absolute atomic E-state index is 0.288. The molecule has 2 aromatic rings. The van der Waals surface area contributed by atoms with Crippen molar-refractivity contribution in [2.75, 3.05) is 5.73 Å². The van der Waals surface area contributed by atoms with Gasteiger partial charge >= 0.3 is 64.0 Å². The van der Waals surface area contributed by atoms with Gasteiger partial charge in [0.25, 0.3) is 0 Å². The van der Waals surface area contributed by atoms with Crippen LogP contribution in [0.4, 0.5) is 4.69 Å². The molecule has 50 valence electrons. The number of nitrogens with zero attached hydrogens (tertiary/aromatic N) is 1. The summed E-state index contributed by atoms with van der Waals surface area (Å²) < 4.78 is 2.08. The SMILES string of the molecule is Nc1nc2ccccc2[se]1. The van der Waals surface area contributed by atoms with Gasteiger partial charge in [0.15, 0.2) is 0 Å². The molecule has 0 saturated heterocycles. The van der Waals surface area contributed by atoms with Crippen molar-refractivity contribution in [1.29, 1.82) is 0 Å². The summed E-state index contributed by atoms with van der Waals surface area (Å²) in [5, 5.41) is 0. The number of hydrogen-bond donors (Lipinski definition) is 1. The average molecular weight is 197 g/mol. The van der Waals surface area contributed by atoms with E-state index in [0.717, 1.165) is 10.2 Å². The van der Waals surface area contributed by atoms with Crippen molar-refractivity contribution in [1.82, 2.24) is 4.98 Å². The van der Waals surface area contributed by atoms with Crippen molar-refractivity contribution < 1.29 is 0 Å². The van der Waals surface area contributed by atoms with E-state index in [0.29, 0.717) is 0 Å². The summed E-state index contributed by atoms with van der Waals surface area (Å²) in [6, 6.07) is 8.08. The van der Waals surface area contributed by atoms with Crippen LogP contribution in [0.2, 0.25) is 0 Å². The van der Waals surface area contributed by atoms with Crippen molar-refractivity contribution in [2.24, 2.45) is 0 Å². The van der Waals surface area contributed by atoms with Crippen LogP contribution in [0.1, 0.15) is 0 Å².